The standard InChI is InChI=1S/C18H17ClF3N3O2/c1-17(2,3)25-16(27)14-6-4-5-13(23-14)15(26)24-12-8-7-10(19)9-11(12)18(20,21)22/h4-9H,1-3H3,(H,24,26)(H,25,27). The second-order valence-corrected chi connectivity index (χ2v) is 7.19. The minimum atomic E-state index is -4.70. The molecule has 9 heteroatoms. The molecule has 0 spiro atoms. The van der Waals surface area contributed by atoms with Crippen molar-refractivity contribution in [2.75, 3.05) is 5.32 Å². The Morgan fingerprint density at radius 3 is 2.15 bits per heavy atom. The van der Waals surface area contributed by atoms with Crippen LogP contribution >= 0.6 is 11.6 Å². The van der Waals surface area contributed by atoms with Gasteiger partial charge in [0.05, 0.1) is 11.3 Å². The molecule has 1 aromatic carbocycles. The molecule has 5 nitrogen and oxygen atoms in total. The fourth-order valence-corrected chi connectivity index (χ4v) is 2.31. The third-order valence-corrected chi connectivity index (χ3v) is 3.47. The summed E-state index contributed by atoms with van der Waals surface area (Å²) in [6.07, 6.45) is -4.70. The van der Waals surface area contributed by atoms with Gasteiger partial charge in [0.2, 0.25) is 0 Å². The molecule has 27 heavy (non-hydrogen) atoms. The number of amides is 2. The number of carbonyl (C=O) groups is 2. The van der Waals surface area contributed by atoms with Crippen LogP contribution in [0.3, 0.4) is 0 Å². The molecule has 0 bridgehead atoms. The Labute approximate surface area is 158 Å². The van der Waals surface area contributed by atoms with Gasteiger partial charge in [-0.15, -0.1) is 0 Å². The largest absolute Gasteiger partial charge is 0.418 e. The quantitative estimate of drug-likeness (QED) is 0.796. The predicted octanol–water partition coefficient (Wildman–Crippen LogP) is 4.53. The lowest BCUT2D eigenvalue weighted by Gasteiger charge is -2.20. The van der Waals surface area contributed by atoms with Crippen LogP contribution in [0.5, 0.6) is 0 Å². The van der Waals surface area contributed by atoms with Gasteiger partial charge in [-0.1, -0.05) is 17.7 Å². The minimum Gasteiger partial charge on any atom is -0.346 e. The summed E-state index contributed by atoms with van der Waals surface area (Å²) < 4.78 is 39.4. The molecule has 2 rings (SSSR count). The van der Waals surface area contributed by atoms with Crippen LogP contribution in [0, 0.1) is 0 Å². The van der Waals surface area contributed by atoms with Gasteiger partial charge in [-0.2, -0.15) is 13.2 Å². The van der Waals surface area contributed by atoms with Gasteiger partial charge in [-0.05, 0) is 51.1 Å². The van der Waals surface area contributed by atoms with Crippen molar-refractivity contribution in [1.29, 1.82) is 0 Å². The average Bonchev–Trinajstić information content (AvgIpc) is 2.54. The lowest BCUT2D eigenvalue weighted by atomic mass is 10.1. The third-order valence-electron chi connectivity index (χ3n) is 3.24. The Bertz CT molecular complexity index is 877. The van der Waals surface area contributed by atoms with Crippen LogP contribution in [0.4, 0.5) is 18.9 Å². The van der Waals surface area contributed by atoms with Crippen LogP contribution in [-0.4, -0.2) is 22.3 Å². The molecule has 0 saturated heterocycles. The number of alkyl halides is 3. The molecule has 2 amide bonds. The maximum atomic E-state index is 13.1. The molecule has 0 unspecified atom stereocenters. The third kappa shape index (κ3) is 5.68. The van der Waals surface area contributed by atoms with E-state index >= 15 is 0 Å². The number of nitrogens with one attached hydrogen (secondary N) is 2. The van der Waals surface area contributed by atoms with E-state index in [9.17, 15) is 22.8 Å². The Hall–Kier alpha value is -2.61. The first kappa shape index (κ1) is 20.7. The van der Waals surface area contributed by atoms with E-state index in [1.165, 1.54) is 24.3 Å². The smallest absolute Gasteiger partial charge is 0.346 e. The molecular formula is C18H17ClF3N3O2. The van der Waals surface area contributed by atoms with E-state index in [-0.39, 0.29) is 16.4 Å². The molecule has 0 saturated carbocycles. The van der Waals surface area contributed by atoms with E-state index in [0.717, 1.165) is 12.1 Å². The summed E-state index contributed by atoms with van der Waals surface area (Å²) in [7, 11) is 0. The lowest BCUT2D eigenvalue weighted by molar-refractivity contribution is -0.136. The summed E-state index contributed by atoms with van der Waals surface area (Å²) in [5, 5.41) is 4.74. The molecule has 0 fully saturated rings. The van der Waals surface area contributed by atoms with Crippen molar-refractivity contribution in [2.45, 2.75) is 32.5 Å². The Kier molecular flexibility index (Phi) is 5.79. The summed E-state index contributed by atoms with van der Waals surface area (Å²) in [6, 6.07) is 7.13. The molecule has 144 valence electrons. The van der Waals surface area contributed by atoms with E-state index in [2.05, 4.69) is 15.6 Å². The van der Waals surface area contributed by atoms with Crippen molar-refractivity contribution in [3.05, 3.63) is 58.4 Å². The highest BCUT2D eigenvalue weighted by Crippen LogP contribution is 2.36. The van der Waals surface area contributed by atoms with Gasteiger partial charge in [-0.3, -0.25) is 9.59 Å². The first-order valence-electron chi connectivity index (χ1n) is 7.84. The normalized spacial score (nSPS) is 11.8. The van der Waals surface area contributed by atoms with E-state index in [1.54, 1.807) is 20.8 Å². The molecule has 0 aliphatic heterocycles. The summed E-state index contributed by atoms with van der Waals surface area (Å²) in [5.41, 5.74) is -2.26. The Morgan fingerprint density at radius 2 is 1.59 bits per heavy atom. The van der Waals surface area contributed by atoms with Crippen molar-refractivity contribution < 1.29 is 22.8 Å². The molecule has 1 aromatic heterocycles. The second kappa shape index (κ2) is 7.56. The molecule has 0 aliphatic carbocycles. The topological polar surface area (TPSA) is 71.1 Å². The predicted molar refractivity (Wildman–Crippen MR) is 95.9 cm³/mol. The molecule has 0 atom stereocenters. The van der Waals surface area contributed by atoms with E-state index < -0.39 is 34.8 Å². The van der Waals surface area contributed by atoms with Crippen LogP contribution in [0.25, 0.3) is 0 Å². The van der Waals surface area contributed by atoms with Crippen LogP contribution in [0.15, 0.2) is 36.4 Å². The first-order valence-corrected chi connectivity index (χ1v) is 8.22. The number of hydrogen-bond acceptors (Lipinski definition) is 3. The first-order chi connectivity index (χ1) is 12.4. The SMILES string of the molecule is CC(C)(C)NC(=O)c1cccc(C(=O)Nc2ccc(Cl)cc2C(F)(F)F)n1. The van der Waals surface area contributed by atoms with Crippen molar-refractivity contribution in [2.24, 2.45) is 0 Å². The van der Waals surface area contributed by atoms with Gasteiger partial charge >= 0.3 is 6.18 Å². The number of anilines is 1. The summed E-state index contributed by atoms with van der Waals surface area (Å²) in [6.45, 7) is 5.34. The summed E-state index contributed by atoms with van der Waals surface area (Å²) in [4.78, 5) is 28.4. The summed E-state index contributed by atoms with van der Waals surface area (Å²) in [5.74, 6) is -1.38. The van der Waals surface area contributed by atoms with Gasteiger partial charge in [0.1, 0.15) is 11.4 Å². The van der Waals surface area contributed by atoms with Crippen LogP contribution in [-0.2, 0) is 6.18 Å². The molecule has 1 heterocycles. The minimum absolute atomic E-state index is 0.0234. The maximum absolute atomic E-state index is 13.1. The lowest BCUT2D eigenvalue weighted by Crippen LogP contribution is -2.41. The fourth-order valence-electron chi connectivity index (χ4n) is 2.14. The molecule has 0 aliphatic rings. The van der Waals surface area contributed by atoms with E-state index in [1.807, 2.05) is 0 Å². The van der Waals surface area contributed by atoms with Crippen LogP contribution in [0.2, 0.25) is 5.02 Å². The zero-order valence-corrected chi connectivity index (χ0v) is 15.5. The van der Waals surface area contributed by atoms with Crippen LogP contribution in [0.1, 0.15) is 47.3 Å². The molecule has 2 aromatic rings. The van der Waals surface area contributed by atoms with Gasteiger partial charge < -0.3 is 10.6 Å². The Morgan fingerprint density at radius 1 is 1.00 bits per heavy atom. The van der Waals surface area contributed by atoms with Crippen molar-refractivity contribution in [3.8, 4) is 0 Å². The number of rotatable bonds is 3. The average molecular weight is 400 g/mol. The number of halogens is 4. The Balaban J connectivity index is 2.28. The molecule has 0 radical (unpaired) electrons. The zero-order valence-electron chi connectivity index (χ0n) is 14.7. The highest BCUT2D eigenvalue weighted by Gasteiger charge is 2.34. The zero-order chi connectivity index (χ0) is 20.4. The number of pyridine rings is 1. The second-order valence-electron chi connectivity index (χ2n) is 6.75. The number of hydrogen-bond donors (Lipinski definition) is 2. The number of benzene rings is 1. The van der Waals surface area contributed by atoms with Gasteiger partial charge in [0.25, 0.3) is 11.8 Å². The van der Waals surface area contributed by atoms with Crippen molar-refractivity contribution >= 4 is 29.1 Å². The summed E-state index contributed by atoms with van der Waals surface area (Å²) >= 11 is 5.62. The van der Waals surface area contributed by atoms with Gasteiger partial charge in [-0.25, -0.2) is 4.98 Å². The molecule has 2 N–H and O–H groups in total. The highest BCUT2D eigenvalue weighted by molar-refractivity contribution is 6.30. The maximum Gasteiger partial charge on any atom is 0.418 e. The monoisotopic (exact) mass is 399 g/mol. The number of nitrogens with zero attached hydrogens (tertiary/aromatic N) is 1. The number of aromatic nitrogens is 1. The number of carbonyl (C=O) groups excluding carboxylic acids is 2. The highest BCUT2D eigenvalue weighted by atomic mass is 35.5. The van der Waals surface area contributed by atoms with Crippen LogP contribution < -0.4 is 10.6 Å². The van der Waals surface area contributed by atoms with E-state index in [4.69, 9.17) is 11.6 Å². The van der Waals surface area contributed by atoms with Crippen molar-refractivity contribution in [1.82, 2.24) is 10.3 Å². The van der Waals surface area contributed by atoms with Gasteiger partial charge in [0, 0.05) is 10.6 Å². The fraction of sp³-hybridized carbons (Fsp3) is 0.278. The van der Waals surface area contributed by atoms with E-state index in [0.29, 0.717) is 0 Å². The van der Waals surface area contributed by atoms with Gasteiger partial charge in [0.15, 0.2) is 0 Å². The molecular weight excluding hydrogens is 383 g/mol. The van der Waals surface area contributed by atoms with Crippen molar-refractivity contribution in [3.63, 3.8) is 0 Å².